The van der Waals surface area contributed by atoms with E-state index >= 15 is 0 Å². The summed E-state index contributed by atoms with van der Waals surface area (Å²) in [5.41, 5.74) is 1.30. The number of carbonyl (C=O) groups is 2. The van der Waals surface area contributed by atoms with Gasteiger partial charge in [-0.2, -0.15) is 0 Å². The molecule has 4 nitrogen and oxygen atoms in total. The van der Waals surface area contributed by atoms with Crippen LogP contribution in [0, 0.1) is 5.92 Å². The van der Waals surface area contributed by atoms with Crippen LogP contribution in [0.3, 0.4) is 0 Å². The largest absolute Gasteiger partial charge is 0.481 e. The molecule has 2 atom stereocenters. The van der Waals surface area contributed by atoms with E-state index in [-0.39, 0.29) is 11.9 Å². The minimum absolute atomic E-state index is 0.0995. The Morgan fingerprint density at radius 1 is 1.26 bits per heavy atom. The van der Waals surface area contributed by atoms with Crippen LogP contribution in [0.4, 0.5) is 0 Å². The Hall–Kier alpha value is -1.36. The second kappa shape index (κ2) is 4.96. The lowest BCUT2D eigenvalue weighted by atomic mass is 10.0. The topological polar surface area (TPSA) is 66.4 Å². The Kier molecular flexibility index (Phi) is 3.31. The predicted octanol–water partition coefficient (Wildman–Crippen LogP) is 2.22. The molecule has 19 heavy (non-hydrogen) atoms. The highest BCUT2D eigenvalue weighted by Crippen LogP contribution is 2.31. The van der Waals surface area contributed by atoms with Crippen molar-refractivity contribution in [2.75, 3.05) is 0 Å². The van der Waals surface area contributed by atoms with Crippen molar-refractivity contribution in [2.45, 2.75) is 44.6 Å². The monoisotopic (exact) mass is 279 g/mol. The minimum Gasteiger partial charge on any atom is -0.481 e. The van der Waals surface area contributed by atoms with Crippen molar-refractivity contribution < 1.29 is 14.7 Å². The van der Waals surface area contributed by atoms with Crippen LogP contribution in [0.1, 0.15) is 45.8 Å². The molecule has 1 aromatic rings. The fraction of sp³-hybridized carbons (Fsp3) is 0.571. The van der Waals surface area contributed by atoms with Crippen molar-refractivity contribution in [3.63, 3.8) is 0 Å². The molecule has 0 bridgehead atoms. The van der Waals surface area contributed by atoms with Gasteiger partial charge in [0.15, 0.2) is 0 Å². The lowest BCUT2D eigenvalue weighted by Gasteiger charge is -2.16. The molecule has 2 aliphatic rings. The van der Waals surface area contributed by atoms with E-state index in [9.17, 15) is 9.59 Å². The Balaban J connectivity index is 1.69. The fourth-order valence-electron chi connectivity index (χ4n) is 3.11. The SMILES string of the molecule is O=C(NC1CCCC1C(=O)O)c1cc2c(s1)CCC2. The predicted molar refractivity (Wildman–Crippen MR) is 72.6 cm³/mol. The van der Waals surface area contributed by atoms with Gasteiger partial charge in [0, 0.05) is 10.9 Å². The van der Waals surface area contributed by atoms with E-state index < -0.39 is 11.9 Å². The van der Waals surface area contributed by atoms with Gasteiger partial charge in [0.05, 0.1) is 10.8 Å². The lowest BCUT2D eigenvalue weighted by Crippen LogP contribution is -2.39. The van der Waals surface area contributed by atoms with E-state index in [1.807, 2.05) is 6.07 Å². The maximum atomic E-state index is 12.2. The van der Waals surface area contributed by atoms with E-state index in [1.54, 1.807) is 11.3 Å². The van der Waals surface area contributed by atoms with E-state index in [0.717, 1.165) is 30.6 Å². The zero-order valence-corrected chi connectivity index (χ0v) is 11.5. The molecule has 0 spiro atoms. The summed E-state index contributed by atoms with van der Waals surface area (Å²) in [6.07, 6.45) is 5.65. The van der Waals surface area contributed by atoms with Gasteiger partial charge in [-0.25, -0.2) is 0 Å². The number of rotatable bonds is 3. The number of hydrogen-bond acceptors (Lipinski definition) is 3. The van der Waals surface area contributed by atoms with Crippen molar-refractivity contribution >= 4 is 23.2 Å². The number of aryl methyl sites for hydroxylation is 2. The molecule has 0 aromatic carbocycles. The molecule has 0 aliphatic heterocycles. The number of nitrogens with one attached hydrogen (secondary N) is 1. The first-order valence-electron chi connectivity index (χ1n) is 6.80. The summed E-state index contributed by atoms with van der Waals surface area (Å²) in [5, 5.41) is 12.0. The van der Waals surface area contributed by atoms with E-state index in [0.29, 0.717) is 6.42 Å². The van der Waals surface area contributed by atoms with E-state index in [1.165, 1.54) is 16.9 Å². The second-order valence-corrected chi connectivity index (χ2v) is 6.50. The number of carbonyl (C=O) groups excluding carboxylic acids is 1. The van der Waals surface area contributed by atoms with Crippen molar-refractivity contribution in [1.82, 2.24) is 5.32 Å². The smallest absolute Gasteiger partial charge is 0.308 e. The van der Waals surface area contributed by atoms with Gasteiger partial charge < -0.3 is 10.4 Å². The van der Waals surface area contributed by atoms with Gasteiger partial charge in [-0.3, -0.25) is 9.59 Å². The number of carboxylic acids is 1. The average Bonchev–Trinajstić information content (AvgIpc) is 3.01. The third kappa shape index (κ3) is 2.39. The summed E-state index contributed by atoms with van der Waals surface area (Å²) in [7, 11) is 0. The maximum Gasteiger partial charge on any atom is 0.308 e. The van der Waals surface area contributed by atoms with Crippen LogP contribution < -0.4 is 5.32 Å². The van der Waals surface area contributed by atoms with Gasteiger partial charge in [-0.15, -0.1) is 11.3 Å². The van der Waals surface area contributed by atoms with Crippen LogP contribution in [-0.2, 0) is 17.6 Å². The molecular formula is C14H17NO3S. The van der Waals surface area contributed by atoms with Crippen molar-refractivity contribution in [3.05, 3.63) is 21.4 Å². The van der Waals surface area contributed by atoms with Crippen molar-refractivity contribution in [3.8, 4) is 0 Å². The maximum absolute atomic E-state index is 12.2. The summed E-state index contributed by atoms with van der Waals surface area (Å²) < 4.78 is 0. The van der Waals surface area contributed by atoms with E-state index in [2.05, 4.69) is 5.32 Å². The molecule has 5 heteroatoms. The molecule has 0 radical (unpaired) electrons. The summed E-state index contributed by atoms with van der Waals surface area (Å²) >= 11 is 1.56. The van der Waals surface area contributed by atoms with Gasteiger partial charge >= 0.3 is 5.97 Å². The second-order valence-electron chi connectivity index (χ2n) is 5.37. The standard InChI is InChI=1S/C14H17NO3S/c16-13(12-7-8-3-1-6-11(8)19-12)15-10-5-2-4-9(10)14(17)18/h7,9-10H,1-6H2,(H,15,16)(H,17,18). The number of thiophene rings is 1. The highest BCUT2D eigenvalue weighted by molar-refractivity contribution is 7.14. The van der Waals surface area contributed by atoms with Crippen LogP contribution in [0.25, 0.3) is 0 Å². The highest BCUT2D eigenvalue weighted by Gasteiger charge is 2.34. The zero-order chi connectivity index (χ0) is 13.4. The summed E-state index contributed by atoms with van der Waals surface area (Å²) in [4.78, 5) is 25.3. The molecule has 1 saturated carbocycles. The first-order chi connectivity index (χ1) is 9.15. The van der Waals surface area contributed by atoms with Crippen LogP contribution in [-0.4, -0.2) is 23.0 Å². The normalized spacial score (nSPS) is 25.3. The molecule has 0 saturated heterocycles. The molecule has 2 unspecified atom stereocenters. The van der Waals surface area contributed by atoms with Crippen LogP contribution >= 0.6 is 11.3 Å². The van der Waals surface area contributed by atoms with Crippen molar-refractivity contribution in [1.29, 1.82) is 0 Å². The molecule has 1 amide bonds. The Labute approximate surface area is 115 Å². The molecule has 102 valence electrons. The number of fused-ring (bicyclic) bond motifs is 1. The van der Waals surface area contributed by atoms with Crippen LogP contribution in [0.15, 0.2) is 6.07 Å². The Bertz CT molecular complexity index is 501. The zero-order valence-electron chi connectivity index (χ0n) is 10.6. The molecule has 1 aromatic heterocycles. The minimum atomic E-state index is -0.795. The molecule has 1 heterocycles. The van der Waals surface area contributed by atoms with Gasteiger partial charge in [-0.05, 0) is 43.7 Å². The average molecular weight is 279 g/mol. The molecular weight excluding hydrogens is 262 g/mol. The van der Waals surface area contributed by atoms with Gasteiger partial charge in [0.2, 0.25) is 0 Å². The number of hydrogen-bond donors (Lipinski definition) is 2. The Morgan fingerprint density at radius 2 is 2.11 bits per heavy atom. The lowest BCUT2D eigenvalue weighted by molar-refractivity contribution is -0.142. The highest BCUT2D eigenvalue weighted by atomic mass is 32.1. The van der Waals surface area contributed by atoms with Crippen LogP contribution in [0.2, 0.25) is 0 Å². The third-order valence-corrected chi connectivity index (χ3v) is 5.36. The third-order valence-electron chi connectivity index (χ3n) is 4.12. The van der Waals surface area contributed by atoms with Crippen LogP contribution in [0.5, 0.6) is 0 Å². The number of carboxylic acid groups (broad SMARTS) is 1. The summed E-state index contributed by atoms with van der Waals surface area (Å²) in [6.45, 7) is 0. The molecule has 2 N–H and O–H groups in total. The first kappa shape index (κ1) is 12.7. The molecule has 2 aliphatic carbocycles. The first-order valence-corrected chi connectivity index (χ1v) is 7.62. The van der Waals surface area contributed by atoms with Crippen molar-refractivity contribution in [2.24, 2.45) is 5.92 Å². The molecule has 3 rings (SSSR count). The van der Waals surface area contributed by atoms with Gasteiger partial charge in [0.1, 0.15) is 0 Å². The van der Waals surface area contributed by atoms with Gasteiger partial charge in [0.25, 0.3) is 5.91 Å². The number of amides is 1. The van der Waals surface area contributed by atoms with E-state index in [4.69, 9.17) is 5.11 Å². The quantitative estimate of drug-likeness (QED) is 0.891. The Morgan fingerprint density at radius 3 is 2.84 bits per heavy atom. The molecule has 1 fully saturated rings. The fourth-order valence-corrected chi connectivity index (χ4v) is 4.27. The number of aliphatic carboxylic acids is 1. The summed E-state index contributed by atoms with van der Waals surface area (Å²) in [5.74, 6) is -1.32. The van der Waals surface area contributed by atoms with Gasteiger partial charge in [-0.1, -0.05) is 6.42 Å². The summed E-state index contributed by atoms with van der Waals surface area (Å²) in [6, 6.07) is 1.77.